The summed E-state index contributed by atoms with van der Waals surface area (Å²) in [5.74, 6) is 0. The van der Waals surface area contributed by atoms with Gasteiger partial charge in [-0.25, -0.2) is 0 Å². The van der Waals surface area contributed by atoms with Gasteiger partial charge in [0.05, 0.1) is 22.1 Å². The van der Waals surface area contributed by atoms with Gasteiger partial charge in [-0.15, -0.1) is 0 Å². The Kier molecular flexibility index (Phi) is 7.64. The van der Waals surface area contributed by atoms with Crippen LogP contribution in [0.3, 0.4) is 0 Å². The Morgan fingerprint density at radius 2 is 0.694 bits per heavy atom. The highest BCUT2D eigenvalue weighted by Crippen LogP contribution is 2.42. The molecular formula is C60H38N2. The van der Waals surface area contributed by atoms with Crippen LogP contribution in [0.25, 0.3) is 121 Å². The van der Waals surface area contributed by atoms with Gasteiger partial charge in [0.1, 0.15) is 0 Å². The average molecular weight is 787 g/mol. The summed E-state index contributed by atoms with van der Waals surface area (Å²) in [7, 11) is 0. The van der Waals surface area contributed by atoms with Crippen LogP contribution >= 0.6 is 0 Å². The molecule has 0 atom stereocenters. The van der Waals surface area contributed by atoms with E-state index >= 15 is 0 Å². The Bertz CT molecular complexity index is 3920. The van der Waals surface area contributed by atoms with Crippen molar-refractivity contribution in [2.24, 2.45) is 0 Å². The average Bonchev–Trinajstić information content (AvgIpc) is 3.86. The molecule has 2 nitrogen and oxygen atoms in total. The smallest absolute Gasteiger partial charge is 0.0541 e. The summed E-state index contributed by atoms with van der Waals surface area (Å²) in [5.41, 5.74) is 14.4. The highest BCUT2D eigenvalue weighted by atomic mass is 15.0. The monoisotopic (exact) mass is 786 g/mol. The molecule has 288 valence electrons. The van der Waals surface area contributed by atoms with E-state index in [2.05, 4.69) is 240 Å². The maximum Gasteiger partial charge on any atom is 0.0541 e. The van der Waals surface area contributed by atoms with Crippen LogP contribution in [0.4, 0.5) is 0 Å². The molecule has 13 rings (SSSR count). The van der Waals surface area contributed by atoms with Crippen molar-refractivity contribution in [3.63, 3.8) is 0 Å². The van der Waals surface area contributed by atoms with E-state index in [0.717, 1.165) is 11.4 Å². The third-order valence-corrected chi connectivity index (χ3v) is 13.1. The Hall–Kier alpha value is -8.20. The van der Waals surface area contributed by atoms with Crippen LogP contribution in [0.2, 0.25) is 0 Å². The van der Waals surface area contributed by atoms with Gasteiger partial charge in [0.15, 0.2) is 0 Å². The molecule has 0 saturated carbocycles. The van der Waals surface area contributed by atoms with Gasteiger partial charge in [0.25, 0.3) is 0 Å². The van der Waals surface area contributed by atoms with E-state index in [1.165, 1.54) is 109 Å². The van der Waals surface area contributed by atoms with Gasteiger partial charge in [-0.1, -0.05) is 164 Å². The first-order valence-corrected chi connectivity index (χ1v) is 21.4. The molecule has 0 aliphatic carbocycles. The molecular weight excluding hydrogens is 749 g/mol. The lowest BCUT2D eigenvalue weighted by Crippen LogP contribution is -1.95. The lowest BCUT2D eigenvalue weighted by atomic mass is 9.90. The van der Waals surface area contributed by atoms with E-state index in [-0.39, 0.29) is 0 Å². The molecule has 0 aliphatic rings. The first-order chi connectivity index (χ1) is 30.7. The lowest BCUT2D eigenvalue weighted by molar-refractivity contribution is 1.18. The molecule has 0 amide bonds. The highest BCUT2D eigenvalue weighted by molar-refractivity contribution is 6.23. The van der Waals surface area contributed by atoms with Gasteiger partial charge in [-0.2, -0.15) is 0 Å². The molecule has 0 N–H and O–H groups in total. The number of aromatic nitrogens is 2. The number of hydrogen-bond donors (Lipinski definition) is 0. The largest absolute Gasteiger partial charge is 0.309 e. The van der Waals surface area contributed by atoms with Gasteiger partial charge < -0.3 is 9.13 Å². The Morgan fingerprint density at radius 1 is 0.226 bits per heavy atom. The van der Waals surface area contributed by atoms with E-state index < -0.39 is 0 Å². The molecule has 0 unspecified atom stereocenters. The van der Waals surface area contributed by atoms with Gasteiger partial charge in [0.2, 0.25) is 0 Å². The summed E-state index contributed by atoms with van der Waals surface area (Å²) < 4.78 is 4.85. The molecule has 2 heterocycles. The second kappa shape index (κ2) is 13.7. The topological polar surface area (TPSA) is 9.86 Å². The summed E-state index contributed by atoms with van der Waals surface area (Å²) >= 11 is 0. The third-order valence-electron chi connectivity index (χ3n) is 13.1. The minimum Gasteiger partial charge on any atom is -0.309 e. The van der Waals surface area contributed by atoms with E-state index in [1.54, 1.807) is 0 Å². The number of para-hydroxylation sites is 2. The lowest BCUT2D eigenvalue weighted by Gasteiger charge is -2.15. The summed E-state index contributed by atoms with van der Waals surface area (Å²) in [5, 5.41) is 12.7. The van der Waals surface area contributed by atoms with Crippen molar-refractivity contribution in [2.45, 2.75) is 0 Å². The van der Waals surface area contributed by atoms with Crippen molar-refractivity contribution in [1.29, 1.82) is 0 Å². The van der Waals surface area contributed by atoms with Crippen LogP contribution in [0.15, 0.2) is 231 Å². The molecule has 0 saturated heterocycles. The van der Waals surface area contributed by atoms with Crippen molar-refractivity contribution in [3.05, 3.63) is 231 Å². The second-order valence-corrected chi connectivity index (χ2v) is 16.5. The minimum absolute atomic E-state index is 1.15. The maximum atomic E-state index is 2.44. The van der Waals surface area contributed by atoms with E-state index in [0.29, 0.717) is 0 Å². The van der Waals surface area contributed by atoms with Crippen LogP contribution in [0, 0.1) is 0 Å². The predicted molar refractivity (Wildman–Crippen MR) is 264 cm³/mol. The Morgan fingerprint density at radius 3 is 1.35 bits per heavy atom. The number of benzene rings is 11. The highest BCUT2D eigenvalue weighted by Gasteiger charge is 2.18. The Balaban J connectivity index is 0.944. The first-order valence-electron chi connectivity index (χ1n) is 21.4. The second-order valence-electron chi connectivity index (χ2n) is 16.5. The van der Waals surface area contributed by atoms with E-state index in [4.69, 9.17) is 0 Å². The van der Waals surface area contributed by atoms with E-state index in [1.807, 2.05) is 0 Å². The molecule has 2 aromatic heterocycles. The standard InChI is InChI=1S/C60H38N2/c1-2-14-39(15-3-1)41-17-12-19-46(34-41)61-56-26-10-8-23-50(56)54-36-42(30-32-58(54)61)43-31-33-59-55(37-43)51-24-9-11-27-57(51)62(59)47-20-13-18-44(35-47)53-38-45-29-28-40-16-4-5-21-48(40)60(45)52-25-7-6-22-49(52)53/h1-38H. The minimum atomic E-state index is 1.15. The van der Waals surface area contributed by atoms with Gasteiger partial charge >= 0.3 is 0 Å². The van der Waals surface area contributed by atoms with E-state index in [9.17, 15) is 0 Å². The normalized spacial score (nSPS) is 11.9. The Labute approximate surface area is 358 Å². The molecule has 62 heavy (non-hydrogen) atoms. The number of fused-ring (bicyclic) bond motifs is 11. The molecule has 0 aliphatic heterocycles. The molecule has 13 aromatic rings. The van der Waals surface area contributed by atoms with Gasteiger partial charge in [0, 0.05) is 32.9 Å². The molecule has 0 radical (unpaired) electrons. The molecule has 0 bridgehead atoms. The summed E-state index contributed by atoms with van der Waals surface area (Å²) in [4.78, 5) is 0. The summed E-state index contributed by atoms with van der Waals surface area (Å²) in [6.45, 7) is 0. The molecule has 0 fully saturated rings. The zero-order valence-electron chi connectivity index (χ0n) is 33.8. The van der Waals surface area contributed by atoms with Crippen molar-refractivity contribution < 1.29 is 0 Å². The predicted octanol–water partition coefficient (Wildman–Crippen LogP) is 16.3. The summed E-state index contributed by atoms with van der Waals surface area (Å²) in [6, 6.07) is 84.8. The summed E-state index contributed by atoms with van der Waals surface area (Å²) in [6.07, 6.45) is 0. The van der Waals surface area contributed by atoms with Crippen molar-refractivity contribution >= 4 is 75.9 Å². The fraction of sp³-hybridized carbons (Fsp3) is 0. The number of rotatable bonds is 5. The van der Waals surface area contributed by atoms with Crippen LogP contribution in [0.1, 0.15) is 0 Å². The van der Waals surface area contributed by atoms with Gasteiger partial charge in [-0.3, -0.25) is 0 Å². The quantitative estimate of drug-likeness (QED) is 0.154. The zero-order valence-corrected chi connectivity index (χ0v) is 33.8. The third kappa shape index (κ3) is 5.30. The van der Waals surface area contributed by atoms with Gasteiger partial charge in [-0.05, 0) is 132 Å². The van der Waals surface area contributed by atoms with Crippen LogP contribution in [-0.4, -0.2) is 9.13 Å². The zero-order chi connectivity index (χ0) is 40.7. The molecule has 0 spiro atoms. The number of hydrogen-bond acceptors (Lipinski definition) is 0. The van der Waals surface area contributed by atoms with Crippen LogP contribution in [-0.2, 0) is 0 Å². The maximum absolute atomic E-state index is 2.44. The molecule has 11 aromatic carbocycles. The van der Waals surface area contributed by atoms with Crippen molar-refractivity contribution in [3.8, 4) is 44.8 Å². The fourth-order valence-electron chi connectivity index (χ4n) is 10.2. The van der Waals surface area contributed by atoms with Crippen molar-refractivity contribution in [1.82, 2.24) is 9.13 Å². The van der Waals surface area contributed by atoms with Crippen LogP contribution < -0.4 is 0 Å². The SMILES string of the molecule is c1ccc(-c2cccc(-n3c4ccccc4c4cc(-c5ccc6c(c5)c5ccccc5n6-c5cccc(-c6cc7ccc8ccccc8c7c7ccccc67)c5)ccc43)c2)cc1. The first kappa shape index (κ1) is 34.6. The van der Waals surface area contributed by atoms with Crippen LogP contribution in [0.5, 0.6) is 0 Å². The number of nitrogens with zero attached hydrogens (tertiary/aromatic N) is 2. The van der Waals surface area contributed by atoms with Crippen molar-refractivity contribution in [2.75, 3.05) is 0 Å². The fourth-order valence-corrected chi connectivity index (χ4v) is 10.2. The molecule has 2 heteroatoms.